The van der Waals surface area contributed by atoms with E-state index >= 15 is 0 Å². The summed E-state index contributed by atoms with van der Waals surface area (Å²) in [6.45, 7) is 9.11. The largest absolute Gasteiger partial charge is 0.507 e. The Balaban J connectivity index is 1.83. The topological polar surface area (TPSA) is 88.5 Å². The number of hydrogen-bond acceptors (Lipinski definition) is 7. The van der Waals surface area contributed by atoms with E-state index in [9.17, 15) is 14.7 Å². The Morgan fingerprint density at radius 1 is 1.19 bits per heavy atom. The van der Waals surface area contributed by atoms with Crippen molar-refractivity contribution in [2.75, 3.05) is 40.4 Å². The van der Waals surface area contributed by atoms with Gasteiger partial charge in [-0.1, -0.05) is 18.7 Å². The van der Waals surface area contributed by atoms with Crippen molar-refractivity contribution in [3.8, 4) is 17.2 Å². The molecule has 196 valence electrons. The van der Waals surface area contributed by atoms with Gasteiger partial charge in [0.1, 0.15) is 24.2 Å². The van der Waals surface area contributed by atoms with Gasteiger partial charge in [-0.15, -0.1) is 0 Å². The zero-order valence-electron chi connectivity index (χ0n) is 21.8. The summed E-state index contributed by atoms with van der Waals surface area (Å²) >= 11 is 0. The molecule has 8 heteroatoms. The molecule has 8 nitrogen and oxygen atoms in total. The molecular formula is C29H34N2O6. The molecule has 0 saturated carbocycles. The molecule has 4 rings (SSSR count). The van der Waals surface area contributed by atoms with E-state index in [4.69, 9.17) is 14.2 Å². The molecular weight excluding hydrogens is 472 g/mol. The Bertz CT molecular complexity index is 1230. The van der Waals surface area contributed by atoms with E-state index in [0.29, 0.717) is 55.4 Å². The van der Waals surface area contributed by atoms with Crippen LogP contribution in [0.4, 0.5) is 0 Å². The number of likely N-dealkylation sites (N-methyl/N-ethyl adjacent to an activating group) is 1. The second-order valence-electron chi connectivity index (χ2n) is 9.49. The standard InChI is InChI=1S/C29H34N2O6/c1-6-14-36-23-11-8-19(17-24(23)35-7-2)26-25(28(33)29(34)31(26)13-12-30(4)5)27(32)20-9-10-22-21(16-20)15-18(3)37-22/h6,8-11,16-18,26,32H,1,7,12-15H2,2-5H3/b27-25+/t18-,26-/m0/s1. The minimum Gasteiger partial charge on any atom is -0.507 e. The quantitative estimate of drug-likeness (QED) is 0.226. The molecule has 2 aliphatic rings. The van der Waals surface area contributed by atoms with Crippen LogP contribution in [0.5, 0.6) is 17.2 Å². The summed E-state index contributed by atoms with van der Waals surface area (Å²) in [4.78, 5) is 30.0. The molecule has 1 fully saturated rings. The number of rotatable bonds is 10. The minimum absolute atomic E-state index is 0.0443. The maximum Gasteiger partial charge on any atom is 0.295 e. The van der Waals surface area contributed by atoms with Crippen molar-refractivity contribution in [1.29, 1.82) is 0 Å². The van der Waals surface area contributed by atoms with Crippen LogP contribution in [0.3, 0.4) is 0 Å². The van der Waals surface area contributed by atoms with Crippen LogP contribution in [-0.4, -0.2) is 73.1 Å². The predicted octanol–water partition coefficient (Wildman–Crippen LogP) is 3.96. The molecule has 1 saturated heterocycles. The number of ether oxygens (including phenoxy) is 3. The van der Waals surface area contributed by atoms with Gasteiger partial charge in [-0.05, 0) is 69.4 Å². The third-order valence-electron chi connectivity index (χ3n) is 6.44. The first-order valence-electron chi connectivity index (χ1n) is 12.5. The molecule has 2 atom stereocenters. The number of amides is 1. The molecule has 0 bridgehead atoms. The fourth-order valence-corrected chi connectivity index (χ4v) is 4.72. The SMILES string of the molecule is C=CCOc1ccc([C@H]2/C(=C(\O)c3ccc4c(c3)C[C@H](C)O4)C(=O)C(=O)N2CCN(C)C)cc1OCC. The maximum atomic E-state index is 13.3. The number of fused-ring (bicyclic) bond motifs is 1. The second kappa shape index (κ2) is 11.1. The zero-order chi connectivity index (χ0) is 26.7. The lowest BCUT2D eigenvalue weighted by molar-refractivity contribution is -0.140. The third kappa shape index (κ3) is 5.34. The highest BCUT2D eigenvalue weighted by Crippen LogP contribution is 2.42. The molecule has 0 spiro atoms. The highest BCUT2D eigenvalue weighted by atomic mass is 16.5. The highest BCUT2D eigenvalue weighted by Gasteiger charge is 2.46. The molecule has 0 aliphatic carbocycles. The molecule has 2 aliphatic heterocycles. The van der Waals surface area contributed by atoms with Crippen molar-refractivity contribution >= 4 is 17.4 Å². The maximum absolute atomic E-state index is 13.3. The summed E-state index contributed by atoms with van der Waals surface area (Å²) in [5, 5.41) is 11.4. The molecule has 0 aromatic heterocycles. The van der Waals surface area contributed by atoms with E-state index in [1.807, 2.05) is 38.9 Å². The lowest BCUT2D eigenvalue weighted by atomic mass is 9.94. The fraction of sp³-hybridized carbons (Fsp3) is 0.379. The van der Waals surface area contributed by atoms with Crippen molar-refractivity contribution in [3.63, 3.8) is 0 Å². The van der Waals surface area contributed by atoms with Crippen molar-refractivity contribution in [2.24, 2.45) is 0 Å². The van der Waals surface area contributed by atoms with Crippen LogP contribution in [-0.2, 0) is 16.0 Å². The van der Waals surface area contributed by atoms with E-state index in [-0.39, 0.29) is 17.4 Å². The molecule has 2 aromatic carbocycles. The lowest BCUT2D eigenvalue weighted by Gasteiger charge is -2.27. The molecule has 37 heavy (non-hydrogen) atoms. The van der Waals surface area contributed by atoms with E-state index in [1.54, 1.807) is 36.4 Å². The van der Waals surface area contributed by atoms with E-state index < -0.39 is 17.7 Å². The number of aliphatic hydroxyl groups excluding tert-OH is 1. The molecule has 2 aromatic rings. The van der Waals surface area contributed by atoms with Gasteiger partial charge in [-0.2, -0.15) is 0 Å². The molecule has 0 unspecified atom stereocenters. The lowest BCUT2D eigenvalue weighted by Crippen LogP contribution is -2.35. The normalized spacial score (nSPS) is 20.2. The van der Waals surface area contributed by atoms with Crippen LogP contribution in [0, 0.1) is 0 Å². The Hall–Kier alpha value is -3.78. The van der Waals surface area contributed by atoms with Gasteiger partial charge in [0, 0.05) is 25.1 Å². The first-order chi connectivity index (χ1) is 17.7. The van der Waals surface area contributed by atoms with E-state index in [1.165, 1.54) is 4.90 Å². The van der Waals surface area contributed by atoms with Gasteiger partial charge in [0.25, 0.3) is 11.7 Å². The van der Waals surface area contributed by atoms with Gasteiger partial charge in [0.15, 0.2) is 11.5 Å². The summed E-state index contributed by atoms with van der Waals surface area (Å²) < 4.78 is 17.3. The smallest absolute Gasteiger partial charge is 0.295 e. The van der Waals surface area contributed by atoms with Crippen molar-refractivity contribution in [2.45, 2.75) is 32.4 Å². The van der Waals surface area contributed by atoms with Crippen molar-refractivity contribution in [3.05, 3.63) is 71.3 Å². The number of likely N-dealkylation sites (tertiary alicyclic amines) is 1. The number of benzene rings is 2. The molecule has 2 heterocycles. The first kappa shape index (κ1) is 26.3. The number of ketones is 1. The predicted molar refractivity (Wildman–Crippen MR) is 141 cm³/mol. The van der Waals surface area contributed by atoms with Crippen molar-refractivity contribution < 1.29 is 28.9 Å². The Labute approximate surface area is 217 Å². The van der Waals surface area contributed by atoms with Gasteiger partial charge in [0.2, 0.25) is 0 Å². The average molecular weight is 507 g/mol. The monoisotopic (exact) mass is 506 g/mol. The van der Waals surface area contributed by atoms with Crippen LogP contribution in [0.15, 0.2) is 54.6 Å². The number of nitrogens with zero attached hydrogens (tertiary/aromatic N) is 2. The highest BCUT2D eigenvalue weighted by molar-refractivity contribution is 6.46. The van der Waals surface area contributed by atoms with Crippen LogP contribution in [0.2, 0.25) is 0 Å². The minimum atomic E-state index is -0.781. The summed E-state index contributed by atoms with van der Waals surface area (Å²) in [5.74, 6) is 0.228. The van der Waals surface area contributed by atoms with Crippen LogP contribution < -0.4 is 14.2 Å². The second-order valence-corrected chi connectivity index (χ2v) is 9.49. The van der Waals surface area contributed by atoms with Crippen LogP contribution >= 0.6 is 0 Å². The number of hydrogen-bond donors (Lipinski definition) is 1. The number of Topliss-reactive ketones (excluding diaryl/α,β-unsaturated/α-hetero) is 1. The van der Waals surface area contributed by atoms with Crippen molar-refractivity contribution in [1.82, 2.24) is 9.80 Å². The fourth-order valence-electron chi connectivity index (χ4n) is 4.72. The molecule has 1 N–H and O–H groups in total. The number of carbonyl (C=O) groups excluding carboxylic acids is 2. The van der Waals surface area contributed by atoms with E-state index in [0.717, 1.165) is 11.3 Å². The third-order valence-corrected chi connectivity index (χ3v) is 6.44. The molecule has 1 amide bonds. The van der Waals surface area contributed by atoms with Crippen LogP contribution in [0.1, 0.15) is 36.6 Å². The summed E-state index contributed by atoms with van der Waals surface area (Å²) in [5.41, 5.74) is 2.13. The molecule has 0 radical (unpaired) electrons. The number of carbonyl (C=O) groups is 2. The van der Waals surface area contributed by atoms with Gasteiger partial charge < -0.3 is 29.1 Å². The van der Waals surface area contributed by atoms with E-state index in [2.05, 4.69) is 6.58 Å². The summed E-state index contributed by atoms with van der Waals surface area (Å²) in [6.07, 6.45) is 2.39. The summed E-state index contributed by atoms with van der Waals surface area (Å²) in [6, 6.07) is 9.88. The Morgan fingerprint density at radius 2 is 1.97 bits per heavy atom. The summed E-state index contributed by atoms with van der Waals surface area (Å²) in [7, 11) is 3.80. The Morgan fingerprint density at radius 3 is 2.68 bits per heavy atom. The first-order valence-corrected chi connectivity index (χ1v) is 12.5. The van der Waals surface area contributed by atoms with Gasteiger partial charge in [-0.25, -0.2) is 0 Å². The van der Waals surface area contributed by atoms with Gasteiger partial charge in [0.05, 0.1) is 18.2 Å². The van der Waals surface area contributed by atoms with Gasteiger partial charge in [-0.3, -0.25) is 9.59 Å². The van der Waals surface area contributed by atoms with Crippen LogP contribution in [0.25, 0.3) is 5.76 Å². The number of aliphatic hydroxyl groups is 1. The Kier molecular flexibility index (Phi) is 7.88. The zero-order valence-corrected chi connectivity index (χ0v) is 21.8. The average Bonchev–Trinajstić information content (AvgIpc) is 3.36. The van der Waals surface area contributed by atoms with Gasteiger partial charge >= 0.3 is 0 Å².